The third-order valence-corrected chi connectivity index (χ3v) is 5.05. The van der Waals surface area contributed by atoms with Gasteiger partial charge < -0.3 is 20.3 Å². The van der Waals surface area contributed by atoms with E-state index in [4.69, 9.17) is 4.74 Å². The summed E-state index contributed by atoms with van der Waals surface area (Å²) in [5.41, 5.74) is 2.74. The molecule has 1 aliphatic heterocycles. The fraction of sp³-hybridized carbons (Fsp3) is 0.650. The highest BCUT2D eigenvalue weighted by Crippen LogP contribution is 2.16. The highest BCUT2D eigenvalue weighted by molar-refractivity contribution is 14.0. The van der Waals surface area contributed by atoms with Crippen molar-refractivity contribution in [2.75, 3.05) is 46.9 Å². The predicted octanol–water partition coefficient (Wildman–Crippen LogP) is 2.89. The molecule has 0 spiro atoms. The summed E-state index contributed by atoms with van der Waals surface area (Å²) in [4.78, 5) is 6.86. The first kappa shape index (κ1) is 23.2. The molecule has 6 heteroatoms. The van der Waals surface area contributed by atoms with Crippen LogP contribution in [0.4, 0.5) is 0 Å². The predicted molar refractivity (Wildman–Crippen MR) is 120 cm³/mol. The van der Waals surface area contributed by atoms with Crippen molar-refractivity contribution in [3.05, 3.63) is 35.4 Å². The zero-order valence-electron chi connectivity index (χ0n) is 16.5. The maximum atomic E-state index is 5.17. The average Bonchev–Trinajstić information content (AvgIpc) is 2.67. The van der Waals surface area contributed by atoms with Gasteiger partial charge in [0.1, 0.15) is 0 Å². The molecule has 148 valence electrons. The van der Waals surface area contributed by atoms with E-state index in [0.29, 0.717) is 0 Å². The van der Waals surface area contributed by atoms with E-state index in [9.17, 15) is 0 Å². The largest absolute Gasteiger partial charge is 0.383 e. The lowest BCUT2D eigenvalue weighted by Crippen LogP contribution is -2.43. The third-order valence-electron chi connectivity index (χ3n) is 5.05. The van der Waals surface area contributed by atoms with Gasteiger partial charge in [-0.05, 0) is 49.4 Å². The van der Waals surface area contributed by atoms with Crippen LogP contribution in [-0.4, -0.2) is 57.8 Å². The Morgan fingerprint density at radius 2 is 1.88 bits per heavy atom. The quantitative estimate of drug-likeness (QED) is 0.346. The van der Waals surface area contributed by atoms with Crippen molar-refractivity contribution in [2.24, 2.45) is 10.9 Å². The van der Waals surface area contributed by atoms with Crippen LogP contribution in [0.2, 0.25) is 0 Å². The summed E-state index contributed by atoms with van der Waals surface area (Å²) in [5.74, 6) is 1.62. The van der Waals surface area contributed by atoms with Gasteiger partial charge in [-0.15, -0.1) is 24.0 Å². The number of ether oxygens (including phenoxy) is 1. The Morgan fingerprint density at radius 3 is 2.50 bits per heavy atom. The number of aliphatic imine (C=N–C) groups is 1. The summed E-state index contributed by atoms with van der Waals surface area (Å²) >= 11 is 0. The second-order valence-corrected chi connectivity index (χ2v) is 6.71. The van der Waals surface area contributed by atoms with E-state index in [0.717, 1.165) is 44.5 Å². The van der Waals surface area contributed by atoms with Gasteiger partial charge in [-0.25, -0.2) is 0 Å². The van der Waals surface area contributed by atoms with Gasteiger partial charge in [-0.1, -0.05) is 31.2 Å². The third kappa shape index (κ3) is 7.80. The number of nitrogens with one attached hydrogen (secondary N) is 2. The van der Waals surface area contributed by atoms with Gasteiger partial charge in [-0.2, -0.15) is 0 Å². The van der Waals surface area contributed by atoms with Gasteiger partial charge in [0.15, 0.2) is 5.96 Å². The first-order valence-electron chi connectivity index (χ1n) is 9.49. The summed E-state index contributed by atoms with van der Waals surface area (Å²) < 4.78 is 5.17. The monoisotopic (exact) mass is 474 g/mol. The van der Waals surface area contributed by atoms with Crippen molar-refractivity contribution in [1.29, 1.82) is 0 Å². The maximum absolute atomic E-state index is 5.17. The number of benzene rings is 1. The Hall–Kier alpha value is -0.860. The molecule has 0 saturated carbocycles. The number of likely N-dealkylation sites (tertiary alicyclic amines) is 1. The molecule has 1 aliphatic rings. The van der Waals surface area contributed by atoms with Crippen LogP contribution in [0.1, 0.15) is 30.9 Å². The van der Waals surface area contributed by atoms with Crippen molar-refractivity contribution < 1.29 is 4.74 Å². The van der Waals surface area contributed by atoms with Crippen LogP contribution in [0.25, 0.3) is 0 Å². The summed E-state index contributed by atoms with van der Waals surface area (Å²) in [6.45, 7) is 8.24. The van der Waals surface area contributed by atoms with E-state index in [1.54, 1.807) is 7.11 Å². The first-order valence-corrected chi connectivity index (χ1v) is 9.49. The van der Waals surface area contributed by atoms with Gasteiger partial charge in [0.25, 0.3) is 0 Å². The molecule has 1 fully saturated rings. The molecular formula is C20H35IN4O. The van der Waals surface area contributed by atoms with Crippen LogP contribution in [-0.2, 0) is 17.7 Å². The van der Waals surface area contributed by atoms with Crippen LogP contribution in [0.15, 0.2) is 29.3 Å². The molecule has 0 atom stereocenters. The molecule has 0 aliphatic carbocycles. The first-order chi connectivity index (χ1) is 12.3. The van der Waals surface area contributed by atoms with E-state index in [-0.39, 0.29) is 24.0 Å². The van der Waals surface area contributed by atoms with Crippen LogP contribution < -0.4 is 10.6 Å². The zero-order chi connectivity index (χ0) is 17.9. The lowest BCUT2D eigenvalue weighted by Gasteiger charge is -2.32. The number of nitrogens with zero attached hydrogens (tertiary/aromatic N) is 2. The van der Waals surface area contributed by atoms with E-state index < -0.39 is 0 Å². The van der Waals surface area contributed by atoms with Crippen molar-refractivity contribution in [2.45, 2.75) is 32.7 Å². The van der Waals surface area contributed by atoms with Gasteiger partial charge in [0.05, 0.1) is 6.61 Å². The lowest BCUT2D eigenvalue weighted by atomic mass is 9.97. The number of rotatable bonds is 8. The van der Waals surface area contributed by atoms with E-state index in [1.807, 2.05) is 7.05 Å². The Morgan fingerprint density at radius 1 is 1.19 bits per heavy atom. The molecule has 0 unspecified atom stereocenters. The van der Waals surface area contributed by atoms with Crippen molar-refractivity contribution in [1.82, 2.24) is 15.5 Å². The number of aryl methyl sites for hydroxylation is 1. The fourth-order valence-corrected chi connectivity index (χ4v) is 3.35. The smallest absolute Gasteiger partial charge is 0.191 e. The molecule has 2 N–H and O–H groups in total. The Labute approximate surface area is 176 Å². The minimum Gasteiger partial charge on any atom is -0.383 e. The molecule has 5 nitrogen and oxygen atoms in total. The van der Waals surface area contributed by atoms with E-state index >= 15 is 0 Å². The SMILES string of the molecule is CCc1ccccc1CNC(=NC)NCC1CCN(CCOC)CC1.I. The molecule has 26 heavy (non-hydrogen) atoms. The summed E-state index contributed by atoms with van der Waals surface area (Å²) in [6, 6.07) is 8.59. The number of hydrogen-bond acceptors (Lipinski definition) is 3. The molecule has 0 amide bonds. The maximum Gasteiger partial charge on any atom is 0.191 e. The van der Waals surface area contributed by atoms with Gasteiger partial charge in [0, 0.05) is 33.8 Å². The molecule has 0 bridgehead atoms. The second kappa shape index (κ2) is 13.3. The fourth-order valence-electron chi connectivity index (χ4n) is 3.35. The highest BCUT2D eigenvalue weighted by Gasteiger charge is 2.18. The molecule has 0 aromatic heterocycles. The van der Waals surface area contributed by atoms with Crippen LogP contribution in [0.5, 0.6) is 0 Å². The van der Waals surface area contributed by atoms with Crippen LogP contribution in [0, 0.1) is 5.92 Å². The number of methoxy groups -OCH3 is 1. The standard InChI is InChI=1S/C20H34N4O.HI/c1-4-18-7-5-6-8-19(18)16-23-20(21-2)22-15-17-9-11-24(12-10-17)13-14-25-3;/h5-8,17H,4,9-16H2,1-3H3,(H2,21,22,23);1H. The Kier molecular flexibility index (Phi) is 11.9. The molecular weight excluding hydrogens is 439 g/mol. The molecule has 1 aromatic carbocycles. The lowest BCUT2D eigenvalue weighted by molar-refractivity contribution is 0.121. The van der Waals surface area contributed by atoms with Gasteiger partial charge in [-0.3, -0.25) is 4.99 Å². The number of hydrogen-bond donors (Lipinski definition) is 2. The Bertz CT molecular complexity index is 530. The van der Waals surface area contributed by atoms with Crippen LogP contribution in [0.3, 0.4) is 0 Å². The second-order valence-electron chi connectivity index (χ2n) is 6.71. The molecule has 1 aromatic rings. The van der Waals surface area contributed by atoms with Crippen molar-refractivity contribution in [3.63, 3.8) is 0 Å². The van der Waals surface area contributed by atoms with E-state index in [2.05, 4.69) is 51.7 Å². The van der Waals surface area contributed by atoms with Gasteiger partial charge in [0.2, 0.25) is 0 Å². The number of halogens is 1. The summed E-state index contributed by atoms with van der Waals surface area (Å²) in [6.07, 6.45) is 3.55. The normalized spacial score (nSPS) is 16.2. The molecule has 1 heterocycles. The number of piperidine rings is 1. The van der Waals surface area contributed by atoms with Crippen LogP contribution >= 0.6 is 24.0 Å². The highest BCUT2D eigenvalue weighted by atomic mass is 127. The van der Waals surface area contributed by atoms with Crippen molar-refractivity contribution in [3.8, 4) is 0 Å². The van der Waals surface area contributed by atoms with Crippen molar-refractivity contribution >= 4 is 29.9 Å². The topological polar surface area (TPSA) is 48.9 Å². The minimum atomic E-state index is 0. The molecule has 2 rings (SSSR count). The summed E-state index contributed by atoms with van der Waals surface area (Å²) in [5, 5.41) is 6.95. The zero-order valence-corrected chi connectivity index (χ0v) is 18.8. The average molecular weight is 474 g/mol. The minimum absolute atomic E-state index is 0. The van der Waals surface area contributed by atoms with Gasteiger partial charge >= 0.3 is 0 Å². The molecule has 1 saturated heterocycles. The summed E-state index contributed by atoms with van der Waals surface area (Å²) in [7, 11) is 3.61. The van der Waals surface area contributed by atoms with E-state index in [1.165, 1.54) is 37.1 Å². The Balaban J connectivity index is 0.00000338. The number of guanidine groups is 1. The molecule has 0 radical (unpaired) electrons.